The molecule has 1 aliphatic heterocycles. The number of carbonyl (C=O) groups is 1. The van der Waals surface area contributed by atoms with E-state index in [1.54, 1.807) is 12.4 Å². The topological polar surface area (TPSA) is 59.2 Å². The van der Waals surface area contributed by atoms with Crippen LogP contribution in [-0.2, 0) is 4.79 Å². The van der Waals surface area contributed by atoms with Crippen molar-refractivity contribution in [3.63, 3.8) is 0 Å². The van der Waals surface area contributed by atoms with E-state index in [-0.39, 0.29) is 18.0 Å². The second-order valence-electron chi connectivity index (χ2n) is 5.04. The third-order valence-electron chi connectivity index (χ3n) is 3.06. The van der Waals surface area contributed by atoms with Gasteiger partial charge in [0.1, 0.15) is 0 Å². The molecule has 1 aromatic heterocycles. The second-order valence-corrected chi connectivity index (χ2v) is 5.04. The van der Waals surface area contributed by atoms with Crippen molar-refractivity contribution in [3.05, 3.63) is 30.1 Å². The predicted molar refractivity (Wildman–Crippen MR) is 66.1 cm³/mol. The van der Waals surface area contributed by atoms with Crippen molar-refractivity contribution in [2.24, 2.45) is 11.7 Å². The first kappa shape index (κ1) is 12.0. The van der Waals surface area contributed by atoms with Gasteiger partial charge in [-0.15, -0.1) is 0 Å². The van der Waals surface area contributed by atoms with Crippen LogP contribution in [0.4, 0.5) is 0 Å². The summed E-state index contributed by atoms with van der Waals surface area (Å²) in [4.78, 5) is 17.9. The van der Waals surface area contributed by atoms with Crippen LogP contribution < -0.4 is 5.73 Å². The molecule has 92 valence electrons. The Hall–Kier alpha value is -1.42. The molecule has 1 aliphatic rings. The first-order chi connectivity index (χ1) is 8.09. The van der Waals surface area contributed by atoms with Crippen molar-refractivity contribution in [1.82, 2.24) is 9.88 Å². The Morgan fingerprint density at radius 2 is 2.35 bits per heavy atom. The van der Waals surface area contributed by atoms with Gasteiger partial charge in [-0.1, -0.05) is 19.9 Å². The molecule has 0 spiro atoms. The lowest BCUT2D eigenvalue weighted by Gasteiger charge is -2.28. The fourth-order valence-corrected chi connectivity index (χ4v) is 2.40. The number of likely N-dealkylation sites (tertiary alicyclic amines) is 1. The summed E-state index contributed by atoms with van der Waals surface area (Å²) in [5.74, 6) is 0.600. The molecule has 4 heteroatoms. The Morgan fingerprint density at radius 1 is 1.59 bits per heavy atom. The minimum atomic E-state index is -0.120. The van der Waals surface area contributed by atoms with E-state index >= 15 is 0 Å². The summed E-state index contributed by atoms with van der Waals surface area (Å²) in [6.45, 7) is 4.97. The van der Waals surface area contributed by atoms with E-state index in [4.69, 9.17) is 5.73 Å². The molecule has 1 amide bonds. The third-order valence-corrected chi connectivity index (χ3v) is 3.06. The van der Waals surface area contributed by atoms with Gasteiger partial charge in [-0.05, 0) is 17.5 Å². The maximum absolute atomic E-state index is 11.9. The molecule has 1 fully saturated rings. The van der Waals surface area contributed by atoms with Crippen LogP contribution in [-0.4, -0.2) is 28.4 Å². The molecule has 0 saturated carbocycles. The van der Waals surface area contributed by atoms with Crippen LogP contribution in [0.1, 0.15) is 31.9 Å². The molecule has 1 aromatic rings. The summed E-state index contributed by atoms with van der Waals surface area (Å²) in [5.41, 5.74) is 7.11. The fourth-order valence-electron chi connectivity index (χ4n) is 2.40. The number of rotatable bonds is 3. The van der Waals surface area contributed by atoms with Crippen molar-refractivity contribution in [2.75, 3.05) is 6.54 Å². The monoisotopic (exact) mass is 233 g/mol. The van der Waals surface area contributed by atoms with Gasteiger partial charge in [0.2, 0.25) is 5.91 Å². The van der Waals surface area contributed by atoms with Gasteiger partial charge in [-0.2, -0.15) is 0 Å². The third kappa shape index (κ3) is 2.47. The lowest BCUT2D eigenvalue weighted by atomic mass is 10.0. The van der Waals surface area contributed by atoms with Gasteiger partial charge in [-0.3, -0.25) is 9.78 Å². The van der Waals surface area contributed by atoms with Crippen LogP contribution in [0.3, 0.4) is 0 Å². The molecular weight excluding hydrogens is 214 g/mol. The minimum absolute atomic E-state index is 0.0152. The molecular formula is C13H19N3O. The number of hydrogen-bond acceptors (Lipinski definition) is 3. The largest absolute Gasteiger partial charge is 0.334 e. The van der Waals surface area contributed by atoms with Crippen molar-refractivity contribution < 1.29 is 4.79 Å². The van der Waals surface area contributed by atoms with E-state index in [0.29, 0.717) is 12.3 Å². The van der Waals surface area contributed by atoms with Gasteiger partial charge in [-0.25, -0.2) is 0 Å². The van der Waals surface area contributed by atoms with E-state index in [0.717, 1.165) is 12.1 Å². The molecule has 1 saturated heterocycles. The van der Waals surface area contributed by atoms with Gasteiger partial charge in [0.25, 0.3) is 0 Å². The maximum Gasteiger partial charge on any atom is 0.224 e. The Morgan fingerprint density at radius 3 is 2.94 bits per heavy atom. The Balaban J connectivity index is 2.26. The zero-order valence-corrected chi connectivity index (χ0v) is 10.3. The Kier molecular flexibility index (Phi) is 3.43. The number of nitrogens with zero attached hydrogens (tertiary/aromatic N) is 2. The summed E-state index contributed by atoms with van der Waals surface area (Å²) in [6.07, 6.45) is 3.97. The van der Waals surface area contributed by atoms with Crippen LogP contribution in [0.2, 0.25) is 0 Å². The highest BCUT2D eigenvalue weighted by Gasteiger charge is 2.38. The van der Waals surface area contributed by atoms with Crippen molar-refractivity contribution in [1.29, 1.82) is 0 Å². The molecule has 0 bridgehead atoms. The molecule has 0 aromatic carbocycles. The highest BCUT2D eigenvalue weighted by Crippen LogP contribution is 2.32. The molecule has 4 nitrogen and oxygen atoms in total. The van der Waals surface area contributed by atoms with Crippen LogP contribution in [0.15, 0.2) is 24.5 Å². The average Bonchev–Trinajstić information content (AvgIpc) is 2.54. The van der Waals surface area contributed by atoms with Crippen LogP contribution in [0.25, 0.3) is 0 Å². The van der Waals surface area contributed by atoms with Gasteiger partial charge in [0, 0.05) is 31.4 Å². The summed E-state index contributed by atoms with van der Waals surface area (Å²) in [5, 5.41) is 0. The summed E-state index contributed by atoms with van der Waals surface area (Å²) >= 11 is 0. The molecule has 2 rings (SSSR count). The Bertz CT molecular complexity index is 391. The molecule has 0 unspecified atom stereocenters. The van der Waals surface area contributed by atoms with Crippen molar-refractivity contribution in [3.8, 4) is 0 Å². The summed E-state index contributed by atoms with van der Waals surface area (Å²) < 4.78 is 0. The molecule has 2 atom stereocenters. The summed E-state index contributed by atoms with van der Waals surface area (Å²) in [7, 11) is 0. The number of hydrogen-bond donors (Lipinski definition) is 1. The summed E-state index contributed by atoms with van der Waals surface area (Å²) in [6, 6.07) is 3.74. The van der Waals surface area contributed by atoms with Crippen LogP contribution in [0, 0.1) is 5.92 Å². The highest BCUT2D eigenvalue weighted by molar-refractivity contribution is 5.80. The van der Waals surface area contributed by atoms with Crippen molar-refractivity contribution >= 4 is 5.91 Å². The van der Waals surface area contributed by atoms with Crippen LogP contribution in [0.5, 0.6) is 0 Å². The number of pyridine rings is 1. The SMILES string of the molecule is CC(C)CN1C(=O)C[C@H](N)[C@@H]1c1cccnc1. The van der Waals surface area contributed by atoms with E-state index in [1.807, 2.05) is 17.0 Å². The van der Waals surface area contributed by atoms with Gasteiger partial charge >= 0.3 is 0 Å². The predicted octanol–water partition coefficient (Wildman–Crippen LogP) is 1.34. The fraction of sp³-hybridized carbons (Fsp3) is 0.538. The van der Waals surface area contributed by atoms with E-state index < -0.39 is 0 Å². The maximum atomic E-state index is 11.9. The molecule has 0 aliphatic carbocycles. The van der Waals surface area contributed by atoms with Crippen LogP contribution >= 0.6 is 0 Å². The first-order valence-electron chi connectivity index (χ1n) is 6.04. The number of aromatic nitrogens is 1. The molecule has 2 N–H and O–H groups in total. The highest BCUT2D eigenvalue weighted by atomic mass is 16.2. The quantitative estimate of drug-likeness (QED) is 0.857. The minimum Gasteiger partial charge on any atom is -0.334 e. The zero-order valence-electron chi connectivity index (χ0n) is 10.3. The van der Waals surface area contributed by atoms with E-state index in [1.165, 1.54) is 0 Å². The normalized spacial score (nSPS) is 24.7. The van der Waals surface area contributed by atoms with E-state index in [9.17, 15) is 4.79 Å². The zero-order chi connectivity index (χ0) is 12.4. The Labute approximate surface area is 102 Å². The van der Waals surface area contributed by atoms with Gasteiger partial charge in [0.05, 0.1) is 6.04 Å². The smallest absolute Gasteiger partial charge is 0.224 e. The lowest BCUT2D eigenvalue weighted by Crippen LogP contribution is -2.35. The van der Waals surface area contributed by atoms with Gasteiger partial charge in [0.15, 0.2) is 0 Å². The second kappa shape index (κ2) is 4.84. The molecule has 2 heterocycles. The van der Waals surface area contributed by atoms with E-state index in [2.05, 4.69) is 18.8 Å². The first-order valence-corrected chi connectivity index (χ1v) is 6.04. The van der Waals surface area contributed by atoms with Crippen molar-refractivity contribution in [2.45, 2.75) is 32.4 Å². The average molecular weight is 233 g/mol. The number of carbonyl (C=O) groups excluding carboxylic acids is 1. The molecule has 0 radical (unpaired) electrons. The number of nitrogens with two attached hydrogens (primary N) is 1. The molecule has 17 heavy (non-hydrogen) atoms. The standard InChI is InChI=1S/C13H19N3O/c1-9(2)8-16-12(17)6-11(14)13(16)10-4-3-5-15-7-10/h3-5,7,9,11,13H,6,8,14H2,1-2H3/t11-,13-/m0/s1. The van der Waals surface area contributed by atoms with Gasteiger partial charge < -0.3 is 10.6 Å². The lowest BCUT2D eigenvalue weighted by molar-refractivity contribution is -0.129. The number of amides is 1.